The number of rotatable bonds is 14. The summed E-state index contributed by atoms with van der Waals surface area (Å²) in [4.78, 5) is 24.8. The highest BCUT2D eigenvalue weighted by atomic mass is 19.4. The van der Waals surface area contributed by atoms with Crippen molar-refractivity contribution in [1.29, 1.82) is 0 Å². The van der Waals surface area contributed by atoms with Gasteiger partial charge < -0.3 is 24.6 Å². The molecule has 1 aromatic heterocycles. The quantitative estimate of drug-likeness (QED) is 0.101. The summed E-state index contributed by atoms with van der Waals surface area (Å²) >= 11 is 0. The fraction of sp³-hybridized carbons (Fsp3) is 0.323. The van der Waals surface area contributed by atoms with Crippen molar-refractivity contribution >= 4 is 17.4 Å². The van der Waals surface area contributed by atoms with Crippen LogP contribution in [-0.2, 0) is 13.0 Å². The van der Waals surface area contributed by atoms with E-state index in [0.717, 1.165) is 5.56 Å². The number of hydrogen-bond acceptors (Lipinski definition) is 9. The SMILES string of the molecule is COc1ccc(Cn2nnnc2C(=O)Nc2cc(OCCCOc3ccc(C(C)=O)c(O)c3CCC(F)(F)F)c(F)cc2C)cc1. The summed E-state index contributed by atoms with van der Waals surface area (Å²) in [5, 5.41) is 24.4. The Balaban J connectivity index is 1.36. The number of carbonyl (C=O) groups excluding carboxylic acids is 2. The van der Waals surface area contributed by atoms with E-state index >= 15 is 0 Å². The van der Waals surface area contributed by atoms with Crippen LogP contribution in [0.5, 0.6) is 23.0 Å². The molecule has 2 N–H and O–H groups in total. The number of Topliss-reactive ketones (excluding diaryl/α,β-unsaturated/α-hetero) is 1. The molecule has 11 nitrogen and oxygen atoms in total. The third-order valence-corrected chi connectivity index (χ3v) is 6.83. The molecule has 0 aliphatic carbocycles. The number of amides is 1. The highest BCUT2D eigenvalue weighted by molar-refractivity contribution is 6.02. The van der Waals surface area contributed by atoms with Gasteiger partial charge in [-0.05, 0) is 72.2 Å². The van der Waals surface area contributed by atoms with E-state index in [1.807, 2.05) is 12.1 Å². The van der Waals surface area contributed by atoms with Crippen LogP contribution in [-0.4, -0.2) is 63.5 Å². The Labute approximate surface area is 261 Å². The number of aryl methyl sites for hydroxylation is 1. The second-order valence-corrected chi connectivity index (χ2v) is 10.2. The Bertz CT molecular complexity index is 1690. The number of methoxy groups -OCH3 is 1. The lowest BCUT2D eigenvalue weighted by molar-refractivity contribution is -0.134. The van der Waals surface area contributed by atoms with Crippen LogP contribution >= 0.6 is 0 Å². The molecular formula is C31H31F4N5O6. The summed E-state index contributed by atoms with van der Waals surface area (Å²) < 4.78 is 70.9. The average molecular weight is 646 g/mol. The van der Waals surface area contributed by atoms with Gasteiger partial charge in [-0.15, -0.1) is 5.10 Å². The molecule has 0 bridgehead atoms. The zero-order chi connectivity index (χ0) is 33.4. The number of benzene rings is 3. The number of phenols is 1. The lowest BCUT2D eigenvalue weighted by Crippen LogP contribution is -2.20. The first-order valence-electron chi connectivity index (χ1n) is 14.0. The number of nitrogens with zero attached hydrogens (tertiary/aromatic N) is 4. The molecule has 244 valence electrons. The predicted molar refractivity (Wildman–Crippen MR) is 157 cm³/mol. The lowest BCUT2D eigenvalue weighted by atomic mass is 10.0. The lowest BCUT2D eigenvalue weighted by Gasteiger charge is -2.16. The summed E-state index contributed by atoms with van der Waals surface area (Å²) in [6.07, 6.45) is -6.10. The van der Waals surface area contributed by atoms with Crippen LogP contribution in [0.3, 0.4) is 0 Å². The molecule has 0 spiro atoms. The van der Waals surface area contributed by atoms with Crippen molar-refractivity contribution in [2.45, 2.75) is 45.8 Å². The first-order valence-corrected chi connectivity index (χ1v) is 14.0. The van der Waals surface area contributed by atoms with E-state index in [2.05, 4.69) is 20.8 Å². The molecule has 4 aromatic rings. The third-order valence-electron chi connectivity index (χ3n) is 6.83. The minimum atomic E-state index is -4.48. The van der Waals surface area contributed by atoms with Gasteiger partial charge in [-0.2, -0.15) is 13.2 Å². The maximum Gasteiger partial charge on any atom is 0.389 e. The van der Waals surface area contributed by atoms with Crippen molar-refractivity contribution in [2.24, 2.45) is 0 Å². The molecule has 15 heteroatoms. The van der Waals surface area contributed by atoms with Gasteiger partial charge in [0.2, 0.25) is 5.82 Å². The van der Waals surface area contributed by atoms with Gasteiger partial charge in [0.05, 0.1) is 32.4 Å². The molecule has 1 amide bonds. The molecule has 0 fully saturated rings. The molecule has 0 unspecified atom stereocenters. The number of halogens is 4. The minimum absolute atomic E-state index is 0.00686. The summed E-state index contributed by atoms with van der Waals surface area (Å²) in [6.45, 7) is 2.89. The summed E-state index contributed by atoms with van der Waals surface area (Å²) in [7, 11) is 1.55. The summed E-state index contributed by atoms with van der Waals surface area (Å²) in [5.74, 6) is -1.94. The van der Waals surface area contributed by atoms with Crippen molar-refractivity contribution in [3.8, 4) is 23.0 Å². The number of tetrazole rings is 1. The van der Waals surface area contributed by atoms with Crippen LogP contribution < -0.4 is 19.5 Å². The zero-order valence-electron chi connectivity index (χ0n) is 25.2. The van der Waals surface area contributed by atoms with Gasteiger partial charge >= 0.3 is 6.18 Å². The van der Waals surface area contributed by atoms with Gasteiger partial charge in [0.25, 0.3) is 5.91 Å². The Morgan fingerprint density at radius 1 is 1.02 bits per heavy atom. The van der Waals surface area contributed by atoms with Crippen molar-refractivity contribution in [3.63, 3.8) is 0 Å². The average Bonchev–Trinajstić information content (AvgIpc) is 3.46. The second-order valence-electron chi connectivity index (χ2n) is 10.2. The highest BCUT2D eigenvalue weighted by Crippen LogP contribution is 2.35. The Hall–Kier alpha value is -5.21. The number of phenolic OH excluding ortho intramolecular Hbond substituents is 1. The minimum Gasteiger partial charge on any atom is -0.507 e. The van der Waals surface area contributed by atoms with E-state index < -0.39 is 42.3 Å². The van der Waals surface area contributed by atoms with Crippen LogP contribution in [0.4, 0.5) is 23.2 Å². The maximum atomic E-state index is 14.7. The van der Waals surface area contributed by atoms with Gasteiger partial charge in [0, 0.05) is 30.2 Å². The fourth-order valence-electron chi connectivity index (χ4n) is 4.42. The Kier molecular flexibility index (Phi) is 10.8. The van der Waals surface area contributed by atoms with Gasteiger partial charge in [0.1, 0.15) is 17.2 Å². The van der Waals surface area contributed by atoms with E-state index in [9.17, 15) is 32.3 Å². The van der Waals surface area contributed by atoms with E-state index in [-0.39, 0.29) is 60.3 Å². The van der Waals surface area contributed by atoms with Gasteiger partial charge in [0.15, 0.2) is 17.3 Å². The number of hydrogen-bond donors (Lipinski definition) is 2. The number of carbonyl (C=O) groups is 2. The van der Waals surface area contributed by atoms with Crippen LogP contribution in [0.15, 0.2) is 48.5 Å². The van der Waals surface area contributed by atoms with Crippen LogP contribution in [0.1, 0.15) is 57.4 Å². The molecule has 0 aliphatic rings. The topological polar surface area (TPSA) is 138 Å². The molecule has 1 heterocycles. The standard InChI is InChI=1S/C31H31F4N5O6/c1-18-15-24(32)27(16-25(18)36-30(43)29-37-38-39-40(29)17-20-5-7-21(44-3)8-6-20)46-14-4-13-45-26-10-9-22(19(2)41)28(42)23(26)11-12-31(33,34)35/h5-10,15-16,42H,4,11-14,17H2,1-3H3,(H,36,43). The molecule has 46 heavy (non-hydrogen) atoms. The van der Waals surface area contributed by atoms with E-state index in [4.69, 9.17) is 14.2 Å². The number of aromatic hydroxyl groups is 1. The van der Waals surface area contributed by atoms with Crippen molar-refractivity contribution in [1.82, 2.24) is 20.2 Å². The molecule has 0 radical (unpaired) electrons. The molecule has 3 aromatic carbocycles. The number of aromatic nitrogens is 4. The van der Waals surface area contributed by atoms with Crippen LogP contribution in [0.2, 0.25) is 0 Å². The molecular weight excluding hydrogens is 614 g/mol. The van der Waals surface area contributed by atoms with Crippen LogP contribution in [0, 0.1) is 12.7 Å². The van der Waals surface area contributed by atoms with Crippen molar-refractivity contribution < 1.29 is 46.5 Å². The number of nitrogens with one attached hydrogen (secondary N) is 1. The zero-order valence-corrected chi connectivity index (χ0v) is 25.2. The smallest absolute Gasteiger partial charge is 0.389 e. The van der Waals surface area contributed by atoms with Gasteiger partial charge in [-0.3, -0.25) is 9.59 Å². The predicted octanol–water partition coefficient (Wildman–Crippen LogP) is 5.68. The monoisotopic (exact) mass is 645 g/mol. The van der Waals surface area contributed by atoms with Gasteiger partial charge in [-0.1, -0.05) is 12.1 Å². The van der Waals surface area contributed by atoms with E-state index in [0.29, 0.717) is 11.3 Å². The first kappa shape index (κ1) is 33.7. The third kappa shape index (κ3) is 8.70. The maximum absolute atomic E-state index is 14.7. The summed E-state index contributed by atoms with van der Waals surface area (Å²) in [6, 6.07) is 12.2. The first-order chi connectivity index (χ1) is 21.9. The summed E-state index contributed by atoms with van der Waals surface area (Å²) in [5.41, 5.74) is 1.25. The van der Waals surface area contributed by atoms with E-state index in [1.54, 1.807) is 26.2 Å². The van der Waals surface area contributed by atoms with Gasteiger partial charge in [-0.25, -0.2) is 9.07 Å². The highest BCUT2D eigenvalue weighted by Gasteiger charge is 2.29. The van der Waals surface area contributed by atoms with Crippen molar-refractivity contribution in [3.05, 3.63) is 82.4 Å². The second kappa shape index (κ2) is 14.7. The number of alkyl halides is 3. The van der Waals surface area contributed by atoms with E-state index in [1.165, 1.54) is 35.9 Å². The van der Waals surface area contributed by atoms with Crippen molar-refractivity contribution in [2.75, 3.05) is 25.6 Å². The van der Waals surface area contributed by atoms with Crippen LogP contribution in [0.25, 0.3) is 0 Å². The number of ketones is 1. The molecule has 0 atom stereocenters. The molecule has 0 saturated heterocycles. The number of ether oxygens (including phenoxy) is 3. The Morgan fingerprint density at radius 3 is 2.37 bits per heavy atom. The molecule has 4 rings (SSSR count). The fourth-order valence-corrected chi connectivity index (χ4v) is 4.42. The number of anilines is 1. The largest absolute Gasteiger partial charge is 0.507 e. The normalized spacial score (nSPS) is 11.3. The molecule has 0 saturated carbocycles. The molecule has 0 aliphatic heterocycles. The Morgan fingerprint density at radius 2 is 1.72 bits per heavy atom.